The molecule has 1 radical (unpaired) electrons. The second-order valence-corrected chi connectivity index (χ2v) is 4.66. The number of rotatable bonds is 5. The van der Waals surface area contributed by atoms with Gasteiger partial charge in [-0.2, -0.15) is 6.32 Å². The van der Waals surface area contributed by atoms with Gasteiger partial charge in [0.05, 0.1) is 0 Å². The summed E-state index contributed by atoms with van der Waals surface area (Å²) in [7, 11) is 0. The van der Waals surface area contributed by atoms with E-state index in [4.69, 9.17) is 0 Å². The topological polar surface area (TPSA) is 0 Å². The molecule has 0 atom stereocenters. The van der Waals surface area contributed by atoms with Crippen molar-refractivity contribution in [2.75, 3.05) is 0 Å². The van der Waals surface area contributed by atoms with Crippen molar-refractivity contribution in [1.29, 1.82) is 0 Å². The molecule has 0 fully saturated rings. The molecule has 0 bridgehead atoms. The molecule has 0 nitrogen and oxygen atoms in total. The normalized spacial score (nSPS) is 10.8. The summed E-state index contributed by atoms with van der Waals surface area (Å²) in [5.74, 6) is -0.166. The van der Waals surface area contributed by atoms with Gasteiger partial charge in [0.2, 0.25) is 0 Å². The van der Waals surface area contributed by atoms with E-state index in [1.54, 1.807) is 12.1 Å². The summed E-state index contributed by atoms with van der Waals surface area (Å²) in [6, 6.07) is 17.4. The Kier molecular flexibility index (Phi) is 4.57. The van der Waals surface area contributed by atoms with Crippen LogP contribution in [0.4, 0.5) is 4.39 Å². The maximum absolute atomic E-state index is 13.0. The highest BCUT2D eigenvalue weighted by Crippen LogP contribution is 2.04. The molecule has 0 aromatic heterocycles. The monoisotopic (exact) mass is 240 g/mol. The van der Waals surface area contributed by atoms with Crippen LogP contribution >= 0.6 is 0 Å². The van der Waals surface area contributed by atoms with Gasteiger partial charge in [-0.25, -0.2) is 15.3 Å². The number of hydrogen-bond acceptors (Lipinski definition) is 0. The zero-order chi connectivity index (χ0) is 12.8. The van der Waals surface area contributed by atoms with Crippen LogP contribution in [0.15, 0.2) is 54.6 Å². The third-order valence-corrected chi connectivity index (χ3v) is 3.32. The Labute approximate surface area is 109 Å². The molecule has 0 aliphatic rings. The first-order valence-corrected chi connectivity index (χ1v) is 6.61. The Morgan fingerprint density at radius 2 is 1.50 bits per heavy atom. The lowest BCUT2D eigenvalue weighted by Gasteiger charge is -2.29. The van der Waals surface area contributed by atoms with Crippen molar-refractivity contribution in [1.82, 2.24) is 0 Å². The van der Waals surface area contributed by atoms with Gasteiger partial charge in [0.25, 0.3) is 0 Å². The molecule has 0 saturated carbocycles. The van der Waals surface area contributed by atoms with E-state index in [0.29, 0.717) is 6.71 Å². The van der Waals surface area contributed by atoms with Crippen LogP contribution in [0.2, 0.25) is 6.32 Å². The van der Waals surface area contributed by atoms with E-state index in [2.05, 4.69) is 31.2 Å². The third kappa shape index (κ3) is 3.22. The average Bonchev–Trinajstić information content (AvgIpc) is 2.42. The molecule has 0 aliphatic carbocycles. The molecular weight excluding hydrogens is 222 g/mol. The van der Waals surface area contributed by atoms with E-state index >= 15 is 0 Å². The summed E-state index contributed by atoms with van der Waals surface area (Å²) in [5, 5.41) is 0. The van der Waals surface area contributed by atoms with Gasteiger partial charge in [-0.05, 0) is 12.1 Å². The van der Waals surface area contributed by atoms with Crippen LogP contribution < -0.4 is 10.9 Å². The second-order valence-electron chi connectivity index (χ2n) is 4.66. The summed E-state index contributed by atoms with van der Waals surface area (Å²) in [5.41, 5.74) is 2.52. The molecular formula is C16H18BF-. The van der Waals surface area contributed by atoms with Crippen molar-refractivity contribution in [3.8, 4) is 0 Å². The van der Waals surface area contributed by atoms with Crippen molar-refractivity contribution in [2.24, 2.45) is 0 Å². The Morgan fingerprint density at radius 1 is 0.889 bits per heavy atom. The second kappa shape index (κ2) is 6.39. The lowest BCUT2D eigenvalue weighted by atomic mass is 9.38. The molecule has 0 aliphatic heterocycles. The van der Waals surface area contributed by atoms with E-state index < -0.39 is 0 Å². The minimum absolute atomic E-state index is 0.166. The summed E-state index contributed by atoms with van der Waals surface area (Å²) < 4.78 is 13.0. The molecule has 0 N–H and O–H groups in total. The number of halogens is 1. The minimum Gasteiger partial charge on any atom is -0.239 e. The minimum atomic E-state index is -0.166. The van der Waals surface area contributed by atoms with Gasteiger partial charge in [-0.1, -0.05) is 56.8 Å². The predicted molar refractivity (Wildman–Crippen MR) is 77.6 cm³/mol. The van der Waals surface area contributed by atoms with Crippen LogP contribution in [-0.2, 0) is 0 Å². The Morgan fingerprint density at radius 3 is 2.11 bits per heavy atom. The van der Waals surface area contributed by atoms with E-state index in [9.17, 15) is 4.39 Å². The lowest BCUT2D eigenvalue weighted by molar-refractivity contribution is 0.628. The third-order valence-electron chi connectivity index (χ3n) is 3.32. The van der Waals surface area contributed by atoms with Gasteiger partial charge in [-0.3, -0.25) is 0 Å². The van der Waals surface area contributed by atoms with Crippen LogP contribution in [0, 0.1) is 5.82 Å². The molecule has 2 aromatic carbocycles. The van der Waals surface area contributed by atoms with E-state index in [-0.39, 0.29) is 5.82 Å². The summed E-state index contributed by atoms with van der Waals surface area (Å²) in [6.07, 6.45) is 3.49. The molecule has 2 heteroatoms. The molecule has 2 rings (SSSR count). The maximum Gasteiger partial charge on any atom is 0.122 e. The fourth-order valence-electron chi connectivity index (χ4n) is 2.31. The number of unbranched alkanes of at least 4 members (excludes halogenated alkanes) is 1. The highest BCUT2D eigenvalue weighted by atomic mass is 19.1. The van der Waals surface area contributed by atoms with Crippen LogP contribution in [0.1, 0.15) is 19.8 Å². The van der Waals surface area contributed by atoms with Gasteiger partial charge < -0.3 is 0 Å². The van der Waals surface area contributed by atoms with Crippen molar-refractivity contribution >= 4 is 17.6 Å². The zero-order valence-corrected chi connectivity index (χ0v) is 10.8. The summed E-state index contributed by atoms with van der Waals surface area (Å²) in [6.45, 7) is 2.58. The van der Waals surface area contributed by atoms with Crippen LogP contribution in [0.5, 0.6) is 0 Å². The SMILES string of the molecule is CCCC[B-](c1ccccc1)c1ccc(F)cc1. The smallest absolute Gasteiger partial charge is 0.122 e. The standard InChI is InChI=1S/C16H18BF/c1-2-3-13-17(14-7-5-4-6-8-14)15-9-11-16(18)12-10-15/h4-12H,2-3,13H2,1H3/q-1. The van der Waals surface area contributed by atoms with Gasteiger partial charge in [0, 0.05) is 0 Å². The van der Waals surface area contributed by atoms with Crippen LogP contribution in [0.25, 0.3) is 0 Å². The number of benzene rings is 2. The maximum atomic E-state index is 13.0. The summed E-state index contributed by atoms with van der Waals surface area (Å²) in [4.78, 5) is 0. The van der Waals surface area contributed by atoms with E-state index in [0.717, 1.165) is 6.32 Å². The zero-order valence-electron chi connectivity index (χ0n) is 10.8. The van der Waals surface area contributed by atoms with Crippen molar-refractivity contribution in [3.05, 3.63) is 60.4 Å². The van der Waals surface area contributed by atoms with E-state index in [1.807, 2.05) is 18.2 Å². The molecule has 2 aromatic rings. The molecule has 0 unspecified atom stereocenters. The first-order chi connectivity index (χ1) is 8.81. The first kappa shape index (κ1) is 12.9. The van der Waals surface area contributed by atoms with Gasteiger partial charge in [0.15, 0.2) is 0 Å². The highest BCUT2D eigenvalue weighted by Gasteiger charge is 2.02. The largest absolute Gasteiger partial charge is 0.239 e. The fraction of sp³-hybridized carbons (Fsp3) is 0.250. The van der Waals surface area contributed by atoms with Crippen molar-refractivity contribution < 1.29 is 4.39 Å². The van der Waals surface area contributed by atoms with E-state index in [1.165, 1.54) is 23.8 Å². The van der Waals surface area contributed by atoms with Gasteiger partial charge >= 0.3 is 0 Å². The van der Waals surface area contributed by atoms with Gasteiger partial charge in [0.1, 0.15) is 5.82 Å². The number of hydrogen-bond donors (Lipinski definition) is 0. The lowest BCUT2D eigenvalue weighted by Crippen LogP contribution is -2.41. The first-order valence-electron chi connectivity index (χ1n) is 6.61. The molecule has 0 heterocycles. The predicted octanol–water partition coefficient (Wildman–Crippen LogP) is 3.23. The molecule has 18 heavy (non-hydrogen) atoms. The quantitative estimate of drug-likeness (QED) is 0.704. The Bertz CT molecular complexity index is 464. The van der Waals surface area contributed by atoms with Crippen molar-refractivity contribution in [2.45, 2.75) is 26.1 Å². The van der Waals surface area contributed by atoms with Crippen LogP contribution in [0.3, 0.4) is 0 Å². The Hall–Kier alpha value is -1.57. The van der Waals surface area contributed by atoms with Crippen molar-refractivity contribution in [3.63, 3.8) is 0 Å². The van der Waals surface area contributed by atoms with Crippen LogP contribution in [-0.4, -0.2) is 6.71 Å². The molecule has 0 spiro atoms. The molecule has 93 valence electrons. The average molecular weight is 240 g/mol. The van der Waals surface area contributed by atoms with Gasteiger partial charge in [-0.15, -0.1) is 12.1 Å². The highest BCUT2D eigenvalue weighted by molar-refractivity contribution is 6.85. The Balaban J connectivity index is 2.27. The fourth-order valence-corrected chi connectivity index (χ4v) is 2.31. The molecule has 0 saturated heterocycles. The molecule has 0 amide bonds. The summed E-state index contributed by atoms with van der Waals surface area (Å²) >= 11 is 0.